The van der Waals surface area contributed by atoms with E-state index in [1.807, 2.05) is 19.1 Å². The van der Waals surface area contributed by atoms with E-state index in [2.05, 4.69) is 5.32 Å². The number of hydrogen-bond donors (Lipinski definition) is 2. The summed E-state index contributed by atoms with van der Waals surface area (Å²) < 4.78 is 13.5. The van der Waals surface area contributed by atoms with Gasteiger partial charge in [-0.1, -0.05) is 18.2 Å². The Kier molecular flexibility index (Phi) is 3.28. The van der Waals surface area contributed by atoms with Gasteiger partial charge in [0.2, 0.25) is 0 Å². The maximum Gasteiger partial charge on any atom is 0.256 e. The molecule has 2 rings (SSSR count). The molecule has 3 N–H and O–H groups in total. The Morgan fingerprint density at radius 3 is 2.61 bits per heavy atom. The van der Waals surface area contributed by atoms with Crippen LogP contribution in [0, 0.1) is 12.7 Å². The van der Waals surface area contributed by atoms with Crippen LogP contribution in [0.15, 0.2) is 42.5 Å². The molecule has 0 atom stereocenters. The lowest BCUT2D eigenvalue weighted by molar-refractivity contribution is 0.102. The Balaban J connectivity index is 2.24. The van der Waals surface area contributed by atoms with E-state index in [4.69, 9.17) is 5.73 Å². The largest absolute Gasteiger partial charge is 0.399 e. The van der Waals surface area contributed by atoms with Gasteiger partial charge in [-0.3, -0.25) is 4.79 Å². The molecular weight excluding hydrogens is 231 g/mol. The van der Waals surface area contributed by atoms with Gasteiger partial charge in [0.15, 0.2) is 0 Å². The molecule has 0 saturated carbocycles. The van der Waals surface area contributed by atoms with Crippen molar-refractivity contribution in [2.45, 2.75) is 6.92 Å². The summed E-state index contributed by atoms with van der Waals surface area (Å²) in [7, 11) is 0. The van der Waals surface area contributed by atoms with E-state index in [0.29, 0.717) is 11.3 Å². The fourth-order valence-electron chi connectivity index (χ4n) is 1.65. The molecule has 0 aliphatic heterocycles. The Labute approximate surface area is 104 Å². The summed E-state index contributed by atoms with van der Waals surface area (Å²) >= 11 is 0. The SMILES string of the molecule is Cc1ccccc1C(=O)Nc1ccc(N)cc1F. The zero-order chi connectivity index (χ0) is 13.1. The van der Waals surface area contributed by atoms with Gasteiger partial charge in [0, 0.05) is 11.3 Å². The number of hydrogen-bond acceptors (Lipinski definition) is 2. The Bertz CT molecular complexity index is 596. The summed E-state index contributed by atoms with van der Waals surface area (Å²) in [5.74, 6) is -0.881. The normalized spacial score (nSPS) is 10.1. The number of rotatable bonds is 2. The highest BCUT2D eigenvalue weighted by atomic mass is 19.1. The second kappa shape index (κ2) is 4.87. The minimum atomic E-state index is -0.545. The lowest BCUT2D eigenvalue weighted by atomic mass is 10.1. The van der Waals surface area contributed by atoms with Crippen molar-refractivity contribution in [3.63, 3.8) is 0 Å². The van der Waals surface area contributed by atoms with Crippen LogP contribution in [0.1, 0.15) is 15.9 Å². The smallest absolute Gasteiger partial charge is 0.256 e. The van der Waals surface area contributed by atoms with Crippen LogP contribution in [0.5, 0.6) is 0 Å². The predicted octanol–water partition coefficient (Wildman–Crippen LogP) is 2.97. The van der Waals surface area contributed by atoms with Crippen molar-refractivity contribution >= 4 is 17.3 Å². The van der Waals surface area contributed by atoms with E-state index in [9.17, 15) is 9.18 Å². The van der Waals surface area contributed by atoms with Crippen LogP contribution < -0.4 is 11.1 Å². The van der Waals surface area contributed by atoms with Gasteiger partial charge in [-0.15, -0.1) is 0 Å². The Morgan fingerprint density at radius 1 is 1.22 bits per heavy atom. The van der Waals surface area contributed by atoms with E-state index in [1.54, 1.807) is 12.1 Å². The topological polar surface area (TPSA) is 55.1 Å². The minimum Gasteiger partial charge on any atom is -0.399 e. The fourth-order valence-corrected chi connectivity index (χ4v) is 1.65. The van der Waals surface area contributed by atoms with E-state index >= 15 is 0 Å². The number of halogens is 1. The number of nitrogens with one attached hydrogen (secondary N) is 1. The molecule has 1 amide bonds. The average molecular weight is 244 g/mol. The number of carbonyl (C=O) groups excluding carboxylic acids is 1. The second-order valence-corrected chi connectivity index (χ2v) is 4.01. The first-order chi connectivity index (χ1) is 8.58. The molecule has 2 aromatic rings. The molecule has 0 bridgehead atoms. The molecule has 18 heavy (non-hydrogen) atoms. The number of amides is 1. The second-order valence-electron chi connectivity index (χ2n) is 4.01. The average Bonchev–Trinajstić information content (AvgIpc) is 2.33. The monoisotopic (exact) mass is 244 g/mol. The molecule has 3 nitrogen and oxygen atoms in total. The maximum atomic E-state index is 13.5. The molecule has 0 heterocycles. The van der Waals surface area contributed by atoms with Crippen molar-refractivity contribution in [1.29, 1.82) is 0 Å². The first-order valence-electron chi connectivity index (χ1n) is 5.50. The van der Waals surface area contributed by atoms with E-state index in [0.717, 1.165) is 5.56 Å². The molecule has 0 unspecified atom stereocenters. The molecule has 0 aliphatic carbocycles. The number of benzene rings is 2. The molecular formula is C14H13FN2O. The van der Waals surface area contributed by atoms with Gasteiger partial charge < -0.3 is 11.1 Å². The van der Waals surface area contributed by atoms with Gasteiger partial charge in [-0.2, -0.15) is 0 Å². The van der Waals surface area contributed by atoms with Gasteiger partial charge in [0.25, 0.3) is 5.91 Å². The highest BCUT2D eigenvalue weighted by Crippen LogP contribution is 2.18. The summed E-state index contributed by atoms with van der Waals surface area (Å²) in [5.41, 5.74) is 7.24. The Morgan fingerprint density at radius 2 is 1.94 bits per heavy atom. The Hall–Kier alpha value is -2.36. The first kappa shape index (κ1) is 12.1. The third-order valence-electron chi connectivity index (χ3n) is 2.63. The van der Waals surface area contributed by atoms with Crippen LogP contribution in [-0.2, 0) is 0 Å². The van der Waals surface area contributed by atoms with E-state index in [-0.39, 0.29) is 11.6 Å². The molecule has 92 valence electrons. The number of anilines is 2. The quantitative estimate of drug-likeness (QED) is 0.798. The molecule has 0 radical (unpaired) electrons. The molecule has 0 aliphatic rings. The summed E-state index contributed by atoms with van der Waals surface area (Å²) in [6.07, 6.45) is 0. The highest BCUT2D eigenvalue weighted by molar-refractivity contribution is 6.05. The van der Waals surface area contributed by atoms with Gasteiger partial charge >= 0.3 is 0 Å². The van der Waals surface area contributed by atoms with Crippen molar-refractivity contribution in [1.82, 2.24) is 0 Å². The van der Waals surface area contributed by atoms with Crippen molar-refractivity contribution in [3.05, 3.63) is 59.4 Å². The lowest BCUT2D eigenvalue weighted by Crippen LogP contribution is -2.14. The fraction of sp³-hybridized carbons (Fsp3) is 0.0714. The van der Waals surface area contributed by atoms with Gasteiger partial charge in [0.05, 0.1) is 5.69 Å². The van der Waals surface area contributed by atoms with Crippen LogP contribution in [0.3, 0.4) is 0 Å². The number of aryl methyl sites for hydroxylation is 1. The predicted molar refractivity (Wildman–Crippen MR) is 69.9 cm³/mol. The van der Waals surface area contributed by atoms with Crippen molar-refractivity contribution in [3.8, 4) is 0 Å². The maximum absolute atomic E-state index is 13.5. The number of nitrogens with two attached hydrogens (primary N) is 1. The van der Waals surface area contributed by atoms with Crippen LogP contribution in [0.2, 0.25) is 0 Å². The van der Waals surface area contributed by atoms with E-state index in [1.165, 1.54) is 18.2 Å². The highest BCUT2D eigenvalue weighted by Gasteiger charge is 2.11. The first-order valence-corrected chi connectivity index (χ1v) is 5.50. The van der Waals surface area contributed by atoms with Crippen molar-refractivity contribution in [2.75, 3.05) is 11.1 Å². The summed E-state index contributed by atoms with van der Waals surface area (Å²) in [6, 6.07) is 11.3. The van der Waals surface area contributed by atoms with Crippen LogP contribution in [-0.4, -0.2) is 5.91 Å². The van der Waals surface area contributed by atoms with Crippen LogP contribution in [0.25, 0.3) is 0 Å². The van der Waals surface area contributed by atoms with Gasteiger partial charge in [-0.05, 0) is 36.8 Å². The standard InChI is InChI=1S/C14H13FN2O/c1-9-4-2-3-5-11(9)14(18)17-13-7-6-10(16)8-12(13)15/h2-8H,16H2,1H3,(H,17,18). The number of carbonyl (C=O) groups is 1. The third kappa shape index (κ3) is 2.48. The lowest BCUT2D eigenvalue weighted by Gasteiger charge is -2.08. The van der Waals surface area contributed by atoms with Crippen LogP contribution >= 0.6 is 0 Å². The molecule has 0 saturated heterocycles. The summed E-state index contributed by atoms with van der Waals surface area (Å²) in [4.78, 5) is 12.0. The minimum absolute atomic E-state index is 0.123. The molecule has 0 aromatic heterocycles. The zero-order valence-corrected chi connectivity index (χ0v) is 9.91. The third-order valence-corrected chi connectivity index (χ3v) is 2.63. The van der Waals surface area contributed by atoms with Crippen molar-refractivity contribution < 1.29 is 9.18 Å². The summed E-state index contributed by atoms with van der Waals surface area (Å²) in [5, 5.41) is 2.53. The molecule has 4 heteroatoms. The van der Waals surface area contributed by atoms with Gasteiger partial charge in [0.1, 0.15) is 5.82 Å². The van der Waals surface area contributed by atoms with E-state index < -0.39 is 5.82 Å². The van der Waals surface area contributed by atoms with Gasteiger partial charge in [-0.25, -0.2) is 4.39 Å². The number of nitrogen functional groups attached to an aromatic ring is 1. The summed E-state index contributed by atoms with van der Waals surface area (Å²) in [6.45, 7) is 1.83. The molecule has 0 fully saturated rings. The van der Waals surface area contributed by atoms with Crippen LogP contribution in [0.4, 0.5) is 15.8 Å². The van der Waals surface area contributed by atoms with Crippen molar-refractivity contribution in [2.24, 2.45) is 0 Å². The molecule has 0 spiro atoms. The molecule has 2 aromatic carbocycles. The zero-order valence-electron chi connectivity index (χ0n) is 9.91.